The fourth-order valence-electron chi connectivity index (χ4n) is 1.90. The highest BCUT2D eigenvalue weighted by Gasteiger charge is 2.30. The summed E-state index contributed by atoms with van der Waals surface area (Å²) in [7, 11) is -3.10. The van der Waals surface area contributed by atoms with Crippen LogP contribution in [0.2, 0.25) is 0 Å². The maximum Gasteiger partial charge on any atom is 0.258 e. The quantitative estimate of drug-likeness (QED) is 0.873. The van der Waals surface area contributed by atoms with Crippen molar-refractivity contribution in [3.05, 3.63) is 54.0 Å². The number of methoxy groups -OCH3 is 1. The monoisotopic (exact) mass is 346 g/mol. The molecule has 5 nitrogen and oxygen atoms in total. The van der Waals surface area contributed by atoms with E-state index in [1.165, 1.54) is 25.4 Å². The predicted molar refractivity (Wildman–Crippen MR) is 76.3 cm³/mol. The number of nitrogens with zero attached hydrogens (tertiary/aromatic N) is 1. The maximum atomic E-state index is 13.2. The summed E-state index contributed by atoms with van der Waals surface area (Å²) in [4.78, 5) is 3.36. The van der Waals surface area contributed by atoms with E-state index in [0.717, 1.165) is 24.3 Å². The minimum Gasteiger partial charge on any atom is -0.480 e. The van der Waals surface area contributed by atoms with Crippen LogP contribution in [0.25, 0.3) is 0 Å². The minimum absolute atomic E-state index is 0.0622. The number of nitrogens with one attached hydrogen (secondary N) is 1. The summed E-state index contributed by atoms with van der Waals surface area (Å²) in [5.74, 6) is -0.828. The third-order valence-electron chi connectivity index (χ3n) is 2.98. The highest BCUT2D eigenvalue weighted by molar-refractivity contribution is 7.89. The van der Waals surface area contributed by atoms with Crippen molar-refractivity contribution >= 4 is 10.0 Å². The Bertz CT molecular complexity index is 767. The van der Waals surface area contributed by atoms with Crippen LogP contribution in [0.15, 0.2) is 47.5 Å². The van der Waals surface area contributed by atoms with Gasteiger partial charge < -0.3 is 4.74 Å². The Morgan fingerprint density at radius 2 is 1.83 bits per heavy atom. The number of hydrogen-bond donors (Lipinski definition) is 1. The Labute approximate surface area is 131 Å². The lowest BCUT2D eigenvalue weighted by atomic mass is 10.1. The largest absolute Gasteiger partial charge is 0.480 e. The van der Waals surface area contributed by atoms with E-state index in [1.54, 1.807) is 0 Å². The summed E-state index contributed by atoms with van der Waals surface area (Å²) in [5.41, 5.74) is -0.0622. The molecule has 1 atom stereocenters. The number of sulfonamides is 1. The molecule has 1 aromatic heterocycles. The summed E-state index contributed by atoms with van der Waals surface area (Å²) in [6, 6.07) is 4.83. The summed E-state index contributed by atoms with van der Waals surface area (Å²) in [6.45, 7) is 0. The molecule has 1 heterocycles. The Morgan fingerprint density at radius 3 is 2.39 bits per heavy atom. The fourth-order valence-corrected chi connectivity index (χ4v) is 3.22. The van der Waals surface area contributed by atoms with Gasteiger partial charge in [0.05, 0.1) is 7.11 Å². The number of ether oxygens (including phenoxy) is 1. The Hall–Kier alpha value is -2.13. The van der Waals surface area contributed by atoms with Gasteiger partial charge >= 0.3 is 0 Å². The summed E-state index contributed by atoms with van der Waals surface area (Å²) < 4.78 is 70.8. The van der Waals surface area contributed by atoms with E-state index in [0.29, 0.717) is 0 Å². The molecule has 0 saturated carbocycles. The highest BCUT2D eigenvalue weighted by atomic mass is 32.2. The Morgan fingerprint density at radius 1 is 1.17 bits per heavy atom. The molecule has 0 radical (unpaired) electrons. The number of aromatic nitrogens is 1. The van der Waals surface area contributed by atoms with Gasteiger partial charge in [0.25, 0.3) is 6.43 Å². The molecule has 0 aliphatic carbocycles. The molecule has 1 N–H and O–H groups in total. The first-order valence-electron chi connectivity index (χ1n) is 6.40. The average Bonchev–Trinajstić information content (AvgIpc) is 2.53. The van der Waals surface area contributed by atoms with Crippen LogP contribution in [0.4, 0.5) is 13.2 Å². The van der Waals surface area contributed by atoms with Gasteiger partial charge in [-0.25, -0.2) is 26.6 Å². The topological polar surface area (TPSA) is 68.3 Å². The Kier molecular flexibility index (Phi) is 5.22. The van der Waals surface area contributed by atoms with Crippen LogP contribution in [-0.4, -0.2) is 26.9 Å². The van der Waals surface area contributed by atoms with Crippen molar-refractivity contribution < 1.29 is 26.3 Å². The van der Waals surface area contributed by atoms with Crippen LogP contribution < -0.4 is 9.46 Å². The predicted octanol–water partition coefficient (Wildman–Crippen LogP) is 2.51. The van der Waals surface area contributed by atoms with E-state index < -0.39 is 28.3 Å². The maximum absolute atomic E-state index is 13.2. The molecular formula is C14H13F3N2O3S. The van der Waals surface area contributed by atoms with E-state index in [-0.39, 0.29) is 16.3 Å². The van der Waals surface area contributed by atoms with Crippen LogP contribution in [0.3, 0.4) is 0 Å². The lowest BCUT2D eigenvalue weighted by Gasteiger charge is -2.19. The number of pyridine rings is 1. The second-order valence-electron chi connectivity index (χ2n) is 4.50. The minimum atomic E-state index is -4.32. The molecule has 2 rings (SSSR count). The van der Waals surface area contributed by atoms with Crippen LogP contribution >= 0.6 is 0 Å². The number of hydrogen-bond acceptors (Lipinski definition) is 4. The van der Waals surface area contributed by atoms with Gasteiger partial charge in [-0.2, -0.15) is 4.72 Å². The van der Waals surface area contributed by atoms with Gasteiger partial charge in [-0.3, -0.25) is 0 Å². The smallest absolute Gasteiger partial charge is 0.258 e. The number of benzene rings is 1. The van der Waals surface area contributed by atoms with Crippen molar-refractivity contribution in [1.29, 1.82) is 0 Å². The van der Waals surface area contributed by atoms with Gasteiger partial charge in [-0.15, -0.1) is 0 Å². The van der Waals surface area contributed by atoms with Crippen LogP contribution in [0.1, 0.15) is 11.6 Å². The van der Waals surface area contributed by atoms with Crippen LogP contribution in [0, 0.1) is 5.82 Å². The normalized spacial score (nSPS) is 13.1. The molecule has 23 heavy (non-hydrogen) atoms. The third kappa shape index (κ3) is 3.99. The summed E-state index contributed by atoms with van der Waals surface area (Å²) in [6.07, 6.45) is -1.72. The molecule has 2 aromatic rings. The van der Waals surface area contributed by atoms with E-state index >= 15 is 0 Å². The van der Waals surface area contributed by atoms with E-state index in [1.807, 2.05) is 4.72 Å². The van der Waals surface area contributed by atoms with Gasteiger partial charge in [-0.05, 0) is 29.8 Å². The van der Waals surface area contributed by atoms with Crippen LogP contribution in [0.5, 0.6) is 5.88 Å². The van der Waals surface area contributed by atoms with Gasteiger partial charge in [0.1, 0.15) is 16.8 Å². The van der Waals surface area contributed by atoms with E-state index in [2.05, 4.69) is 4.98 Å². The van der Waals surface area contributed by atoms with Crippen molar-refractivity contribution in [2.75, 3.05) is 7.11 Å². The molecule has 0 spiro atoms. The lowest BCUT2D eigenvalue weighted by molar-refractivity contribution is 0.109. The second kappa shape index (κ2) is 6.97. The lowest BCUT2D eigenvalue weighted by Crippen LogP contribution is -2.33. The fraction of sp³-hybridized carbons (Fsp3) is 0.214. The molecule has 1 aromatic carbocycles. The van der Waals surface area contributed by atoms with Gasteiger partial charge in [-0.1, -0.05) is 12.1 Å². The molecule has 0 aliphatic heterocycles. The van der Waals surface area contributed by atoms with Gasteiger partial charge in [0, 0.05) is 6.20 Å². The average molecular weight is 346 g/mol. The zero-order valence-corrected chi connectivity index (χ0v) is 12.7. The first-order chi connectivity index (χ1) is 10.8. The van der Waals surface area contributed by atoms with E-state index in [9.17, 15) is 21.6 Å². The standard InChI is InChI=1S/C14H13F3N2O3S/c1-22-14-11(3-2-8-18-14)23(20,21)19-12(13(16)17)9-4-6-10(15)7-5-9/h2-8,12-13,19H,1H3/t12-/m0/s1. The number of halogens is 3. The SMILES string of the molecule is COc1ncccc1S(=O)(=O)N[C@@H](c1ccc(F)cc1)C(F)F. The summed E-state index contributed by atoms with van der Waals surface area (Å²) >= 11 is 0. The molecule has 0 aliphatic rings. The number of rotatable bonds is 6. The van der Waals surface area contributed by atoms with Crippen molar-refractivity contribution in [2.45, 2.75) is 17.4 Å². The molecule has 124 valence electrons. The first kappa shape index (κ1) is 17.2. The molecule has 0 amide bonds. The molecule has 0 fully saturated rings. The van der Waals surface area contributed by atoms with E-state index in [4.69, 9.17) is 4.74 Å². The highest BCUT2D eigenvalue weighted by Crippen LogP contribution is 2.26. The van der Waals surface area contributed by atoms with Crippen molar-refractivity contribution in [1.82, 2.24) is 9.71 Å². The zero-order chi connectivity index (χ0) is 17.0. The molecule has 9 heteroatoms. The Balaban J connectivity index is 2.37. The molecular weight excluding hydrogens is 333 g/mol. The molecule has 0 unspecified atom stereocenters. The molecule has 0 bridgehead atoms. The zero-order valence-electron chi connectivity index (χ0n) is 11.9. The molecule has 0 saturated heterocycles. The summed E-state index contributed by atoms with van der Waals surface area (Å²) in [5, 5.41) is 0. The third-order valence-corrected chi connectivity index (χ3v) is 4.44. The van der Waals surface area contributed by atoms with Crippen LogP contribution in [-0.2, 0) is 10.0 Å². The van der Waals surface area contributed by atoms with Crippen molar-refractivity contribution in [2.24, 2.45) is 0 Å². The van der Waals surface area contributed by atoms with Gasteiger partial charge in [0.15, 0.2) is 0 Å². The number of alkyl halides is 2. The van der Waals surface area contributed by atoms with Crippen molar-refractivity contribution in [3.8, 4) is 5.88 Å². The second-order valence-corrected chi connectivity index (χ2v) is 6.18. The van der Waals surface area contributed by atoms with Crippen molar-refractivity contribution in [3.63, 3.8) is 0 Å². The van der Waals surface area contributed by atoms with Gasteiger partial charge in [0.2, 0.25) is 15.9 Å². The first-order valence-corrected chi connectivity index (χ1v) is 7.88.